The molecule has 114 valence electrons. The molecule has 2 nitrogen and oxygen atoms in total. The monoisotopic (exact) mass is 374 g/mol. The van der Waals surface area contributed by atoms with E-state index in [0.717, 1.165) is 13.1 Å². The zero-order valence-corrected chi connectivity index (χ0v) is 14.9. The van der Waals surface area contributed by atoms with E-state index in [2.05, 4.69) is 88.4 Å². The van der Waals surface area contributed by atoms with Crippen LogP contribution in [0, 0.1) is 0 Å². The first-order valence-corrected chi connectivity index (χ1v) is 8.29. The zero-order valence-electron chi connectivity index (χ0n) is 12.5. The summed E-state index contributed by atoms with van der Waals surface area (Å²) in [5.74, 6) is 0. The molecule has 0 bridgehead atoms. The van der Waals surface area contributed by atoms with Gasteiger partial charge in [-0.3, -0.25) is 0 Å². The number of benzene rings is 2. The Morgan fingerprint density at radius 1 is 0.909 bits per heavy atom. The summed E-state index contributed by atoms with van der Waals surface area (Å²) in [6, 6.07) is 21.2. The third kappa shape index (κ3) is 4.02. The average Bonchev–Trinajstić information content (AvgIpc) is 2.91. The summed E-state index contributed by atoms with van der Waals surface area (Å²) < 4.78 is 4.62. The van der Waals surface area contributed by atoms with Crippen molar-refractivity contribution in [3.63, 3.8) is 0 Å². The molecule has 1 heterocycles. The van der Waals surface area contributed by atoms with Gasteiger partial charge in [0.1, 0.15) is 25.5 Å². The van der Waals surface area contributed by atoms with Gasteiger partial charge in [0, 0.05) is 0 Å². The Labute approximate surface area is 146 Å². The van der Waals surface area contributed by atoms with Crippen LogP contribution in [0.2, 0.25) is 0 Å². The third-order valence-corrected chi connectivity index (χ3v) is 4.33. The summed E-state index contributed by atoms with van der Waals surface area (Å²) >= 11 is 1.79. The number of hydrogen-bond acceptors (Lipinski definition) is 1. The van der Waals surface area contributed by atoms with Gasteiger partial charge in [0.15, 0.2) is 0 Å². The van der Waals surface area contributed by atoms with E-state index in [0.29, 0.717) is 0 Å². The van der Waals surface area contributed by atoms with Gasteiger partial charge < -0.3 is 17.0 Å². The second-order valence-corrected chi connectivity index (χ2v) is 5.79. The van der Waals surface area contributed by atoms with Crippen LogP contribution in [0.4, 0.5) is 0 Å². The lowest BCUT2D eigenvalue weighted by atomic mass is 10.2. The van der Waals surface area contributed by atoms with Crippen molar-refractivity contribution in [2.75, 3.05) is 6.26 Å². The molecule has 4 heteroatoms. The maximum absolute atomic E-state index is 2.31. The van der Waals surface area contributed by atoms with Gasteiger partial charge in [0.2, 0.25) is 0 Å². The van der Waals surface area contributed by atoms with E-state index in [-0.39, 0.29) is 17.0 Å². The quantitative estimate of drug-likeness (QED) is 0.469. The van der Waals surface area contributed by atoms with Crippen LogP contribution in [-0.2, 0) is 13.1 Å². The lowest BCUT2D eigenvalue weighted by molar-refractivity contribution is -0.725. The summed E-state index contributed by atoms with van der Waals surface area (Å²) in [6.07, 6.45) is 6.47. The molecule has 0 aliphatic carbocycles. The number of imidazole rings is 1. The molecule has 2 aromatic carbocycles. The fourth-order valence-corrected chi connectivity index (χ4v) is 3.21. The zero-order chi connectivity index (χ0) is 14.5. The number of halogens is 1. The fourth-order valence-electron chi connectivity index (χ4n) is 2.49. The summed E-state index contributed by atoms with van der Waals surface area (Å²) in [5.41, 5.74) is 2.66. The largest absolute Gasteiger partial charge is 1.00 e. The molecule has 1 aromatic heterocycles. The van der Waals surface area contributed by atoms with E-state index in [1.165, 1.54) is 16.3 Å². The van der Waals surface area contributed by atoms with Gasteiger partial charge in [-0.25, -0.2) is 9.13 Å². The van der Waals surface area contributed by atoms with Crippen LogP contribution in [0.5, 0.6) is 0 Å². The van der Waals surface area contributed by atoms with Crippen molar-refractivity contribution in [1.82, 2.24) is 4.57 Å². The van der Waals surface area contributed by atoms with Gasteiger partial charge in [-0.1, -0.05) is 60.7 Å². The molecule has 0 radical (unpaired) electrons. The number of hydrogen-bond donors (Lipinski definition) is 0. The molecule has 0 aliphatic rings. The Balaban J connectivity index is 0.00000176. The maximum atomic E-state index is 2.31. The minimum atomic E-state index is 0. The predicted octanol–water partition coefficient (Wildman–Crippen LogP) is 0.598. The van der Waals surface area contributed by atoms with Crippen molar-refractivity contribution in [3.8, 4) is 0 Å². The summed E-state index contributed by atoms with van der Waals surface area (Å²) in [5, 5.41) is 1.28. The van der Waals surface area contributed by atoms with E-state index in [1.807, 2.05) is 0 Å². The molecule has 0 unspecified atom stereocenters. The van der Waals surface area contributed by atoms with Crippen molar-refractivity contribution in [3.05, 3.63) is 84.2 Å². The molecule has 22 heavy (non-hydrogen) atoms. The van der Waals surface area contributed by atoms with Crippen LogP contribution in [0.15, 0.2) is 78.2 Å². The Morgan fingerprint density at radius 3 is 2.09 bits per heavy atom. The molecule has 0 fully saturated rings. The molecule has 0 saturated heterocycles. The predicted molar refractivity (Wildman–Crippen MR) is 87.5 cm³/mol. The van der Waals surface area contributed by atoms with Gasteiger partial charge in [-0.2, -0.15) is 0 Å². The van der Waals surface area contributed by atoms with E-state index in [1.54, 1.807) is 11.8 Å². The molecule has 0 saturated carbocycles. The van der Waals surface area contributed by atoms with Crippen LogP contribution in [0.3, 0.4) is 0 Å². The SMILES string of the molecule is CSc1n(Cc2ccccc2)cc[n+]1Cc1ccccc1.[Br-]. The van der Waals surface area contributed by atoms with Crippen molar-refractivity contribution in [2.24, 2.45) is 0 Å². The molecular formula is C18H19BrN2S. The van der Waals surface area contributed by atoms with Crippen LogP contribution in [0.1, 0.15) is 11.1 Å². The van der Waals surface area contributed by atoms with Crippen LogP contribution in [-0.4, -0.2) is 10.8 Å². The second kappa shape index (κ2) is 8.20. The van der Waals surface area contributed by atoms with Crippen molar-refractivity contribution < 1.29 is 21.5 Å². The molecule has 3 aromatic rings. The first-order chi connectivity index (χ1) is 10.4. The molecule has 0 N–H and O–H groups in total. The molecule has 0 aliphatic heterocycles. The Kier molecular flexibility index (Phi) is 6.28. The highest BCUT2D eigenvalue weighted by Gasteiger charge is 2.16. The molecule has 0 spiro atoms. The van der Waals surface area contributed by atoms with Gasteiger partial charge in [0.05, 0.1) is 0 Å². The first kappa shape index (κ1) is 16.8. The van der Waals surface area contributed by atoms with Crippen molar-refractivity contribution >= 4 is 11.8 Å². The third-order valence-electron chi connectivity index (χ3n) is 3.49. The number of aromatic nitrogens is 2. The Bertz CT molecular complexity index is 637. The highest BCUT2D eigenvalue weighted by atomic mass is 79.9. The molecule has 0 atom stereocenters. The smallest absolute Gasteiger partial charge is 0.318 e. The van der Waals surface area contributed by atoms with Crippen LogP contribution in [0.25, 0.3) is 0 Å². The maximum Gasteiger partial charge on any atom is 0.318 e. The highest BCUT2D eigenvalue weighted by molar-refractivity contribution is 7.98. The second-order valence-electron chi connectivity index (χ2n) is 5.01. The summed E-state index contributed by atoms with van der Waals surface area (Å²) in [4.78, 5) is 0. The Hall–Kier alpha value is -1.52. The minimum Gasteiger partial charge on any atom is -1.00 e. The molecule has 3 rings (SSSR count). The summed E-state index contributed by atoms with van der Waals surface area (Å²) in [6.45, 7) is 1.83. The molecule has 0 amide bonds. The van der Waals surface area contributed by atoms with Crippen LogP contribution >= 0.6 is 11.8 Å². The van der Waals surface area contributed by atoms with Crippen LogP contribution < -0.4 is 21.5 Å². The van der Waals surface area contributed by atoms with E-state index < -0.39 is 0 Å². The van der Waals surface area contributed by atoms with Gasteiger partial charge in [-0.15, -0.1) is 0 Å². The van der Waals surface area contributed by atoms with Gasteiger partial charge in [0.25, 0.3) is 0 Å². The van der Waals surface area contributed by atoms with Crippen molar-refractivity contribution in [1.29, 1.82) is 0 Å². The minimum absolute atomic E-state index is 0. The van der Waals surface area contributed by atoms with Gasteiger partial charge >= 0.3 is 5.16 Å². The number of nitrogens with zero attached hydrogens (tertiary/aromatic N) is 2. The van der Waals surface area contributed by atoms with E-state index in [9.17, 15) is 0 Å². The number of rotatable bonds is 5. The average molecular weight is 375 g/mol. The lowest BCUT2D eigenvalue weighted by Gasteiger charge is -2.03. The van der Waals surface area contributed by atoms with E-state index in [4.69, 9.17) is 0 Å². The fraction of sp³-hybridized carbons (Fsp3) is 0.167. The van der Waals surface area contributed by atoms with Gasteiger partial charge in [-0.05, 0) is 29.1 Å². The Morgan fingerprint density at radius 2 is 1.50 bits per heavy atom. The lowest BCUT2D eigenvalue weighted by Crippen LogP contribution is -3.00. The number of thioether (sulfide) groups is 1. The first-order valence-electron chi connectivity index (χ1n) is 7.07. The van der Waals surface area contributed by atoms with E-state index >= 15 is 0 Å². The summed E-state index contributed by atoms with van der Waals surface area (Å²) in [7, 11) is 0. The van der Waals surface area contributed by atoms with Crippen molar-refractivity contribution in [2.45, 2.75) is 18.2 Å². The molecular weight excluding hydrogens is 356 g/mol. The normalized spacial score (nSPS) is 10.2. The standard InChI is InChI=1S/C18H19N2S.BrH/c1-21-18-19(14-16-8-4-2-5-9-16)12-13-20(18)15-17-10-6-3-7-11-17;/h2-13H,14-15H2,1H3;1H/q+1;/p-1. The topological polar surface area (TPSA) is 8.81 Å². The highest BCUT2D eigenvalue weighted by Crippen LogP contribution is 2.13.